The fourth-order valence-corrected chi connectivity index (χ4v) is 2.37. The Bertz CT molecular complexity index is 341. The molecule has 0 aromatic rings. The number of aliphatic hydroxyl groups is 2. The van der Waals surface area contributed by atoms with Crippen molar-refractivity contribution in [3.05, 3.63) is 23.3 Å². The fourth-order valence-electron chi connectivity index (χ4n) is 2.37. The van der Waals surface area contributed by atoms with Gasteiger partial charge in [0, 0.05) is 5.41 Å². The van der Waals surface area contributed by atoms with Crippen molar-refractivity contribution in [2.24, 2.45) is 5.41 Å². The van der Waals surface area contributed by atoms with Gasteiger partial charge in [-0.3, -0.25) is 4.79 Å². The van der Waals surface area contributed by atoms with Gasteiger partial charge < -0.3 is 10.2 Å². The van der Waals surface area contributed by atoms with Crippen LogP contribution in [0.5, 0.6) is 0 Å². The van der Waals surface area contributed by atoms with Crippen LogP contribution in [0, 0.1) is 5.41 Å². The Kier molecular flexibility index (Phi) is 4.05. The number of rotatable bonds is 3. The first-order chi connectivity index (χ1) is 7.39. The molecule has 1 rings (SSSR count). The van der Waals surface area contributed by atoms with Gasteiger partial charge in [-0.05, 0) is 38.3 Å². The predicted molar refractivity (Wildman–Crippen MR) is 63.0 cm³/mol. The van der Waals surface area contributed by atoms with Crippen molar-refractivity contribution in [3.8, 4) is 0 Å². The lowest BCUT2D eigenvalue weighted by Gasteiger charge is -2.37. The average molecular weight is 224 g/mol. The van der Waals surface area contributed by atoms with E-state index in [1.54, 1.807) is 6.08 Å². The Hall–Kier alpha value is -0.930. The van der Waals surface area contributed by atoms with Crippen molar-refractivity contribution < 1.29 is 15.0 Å². The summed E-state index contributed by atoms with van der Waals surface area (Å²) in [7, 11) is 0. The molecule has 2 atom stereocenters. The summed E-state index contributed by atoms with van der Waals surface area (Å²) in [5.74, 6) is -0.00767. The van der Waals surface area contributed by atoms with Crippen LogP contribution in [0.25, 0.3) is 0 Å². The highest BCUT2D eigenvalue weighted by Gasteiger charge is 2.35. The van der Waals surface area contributed by atoms with Gasteiger partial charge in [0.2, 0.25) is 0 Å². The SMILES string of the molecule is CC(=O)/C=C/C1=C(C)C[C@@H](O)C[C@]1(C)CO. The van der Waals surface area contributed by atoms with Crippen molar-refractivity contribution in [2.75, 3.05) is 6.61 Å². The molecular formula is C13H20O3. The molecule has 0 aromatic heterocycles. The number of aliphatic hydroxyl groups excluding tert-OH is 2. The molecule has 0 aromatic carbocycles. The number of carbonyl (C=O) groups is 1. The minimum Gasteiger partial charge on any atom is -0.395 e. The zero-order valence-corrected chi connectivity index (χ0v) is 10.2. The quantitative estimate of drug-likeness (QED) is 0.716. The molecule has 90 valence electrons. The molecule has 2 N–H and O–H groups in total. The smallest absolute Gasteiger partial charge is 0.152 e. The van der Waals surface area contributed by atoms with Gasteiger partial charge >= 0.3 is 0 Å². The Morgan fingerprint density at radius 3 is 2.75 bits per heavy atom. The van der Waals surface area contributed by atoms with Crippen LogP contribution in [-0.4, -0.2) is 28.7 Å². The molecule has 1 aliphatic carbocycles. The van der Waals surface area contributed by atoms with Crippen molar-refractivity contribution in [3.63, 3.8) is 0 Å². The summed E-state index contributed by atoms with van der Waals surface area (Å²) in [5.41, 5.74) is 1.59. The van der Waals surface area contributed by atoms with Crippen LogP contribution in [0.4, 0.5) is 0 Å². The number of carbonyl (C=O) groups excluding carboxylic acids is 1. The van der Waals surface area contributed by atoms with Gasteiger partial charge in [-0.25, -0.2) is 0 Å². The van der Waals surface area contributed by atoms with E-state index in [1.165, 1.54) is 13.0 Å². The number of hydrogen-bond donors (Lipinski definition) is 2. The highest BCUT2D eigenvalue weighted by molar-refractivity contribution is 5.87. The van der Waals surface area contributed by atoms with E-state index >= 15 is 0 Å². The predicted octanol–water partition coefficient (Wildman–Crippen LogP) is 1.60. The Morgan fingerprint density at radius 2 is 2.25 bits per heavy atom. The van der Waals surface area contributed by atoms with Gasteiger partial charge in [0.05, 0.1) is 12.7 Å². The lowest BCUT2D eigenvalue weighted by Crippen LogP contribution is -2.33. The molecule has 1 aliphatic rings. The first kappa shape index (κ1) is 13.1. The van der Waals surface area contributed by atoms with E-state index in [0.717, 1.165) is 11.1 Å². The van der Waals surface area contributed by atoms with E-state index in [1.807, 2.05) is 13.8 Å². The summed E-state index contributed by atoms with van der Waals surface area (Å²) >= 11 is 0. The second-order valence-electron chi connectivity index (χ2n) is 4.92. The van der Waals surface area contributed by atoms with Crippen LogP contribution < -0.4 is 0 Å². The van der Waals surface area contributed by atoms with Crippen LogP contribution in [0.15, 0.2) is 23.3 Å². The van der Waals surface area contributed by atoms with E-state index in [2.05, 4.69) is 0 Å². The molecule has 3 nitrogen and oxygen atoms in total. The molecule has 0 saturated carbocycles. The van der Waals surface area contributed by atoms with E-state index in [4.69, 9.17) is 0 Å². The van der Waals surface area contributed by atoms with E-state index in [0.29, 0.717) is 12.8 Å². The summed E-state index contributed by atoms with van der Waals surface area (Å²) in [6.45, 7) is 5.34. The molecule has 3 heteroatoms. The summed E-state index contributed by atoms with van der Waals surface area (Å²) in [5, 5.41) is 19.2. The number of hydrogen-bond acceptors (Lipinski definition) is 3. The summed E-state index contributed by atoms with van der Waals surface area (Å²) in [6, 6.07) is 0. The monoisotopic (exact) mass is 224 g/mol. The first-order valence-electron chi connectivity index (χ1n) is 5.57. The van der Waals surface area contributed by atoms with Gasteiger partial charge in [0.15, 0.2) is 5.78 Å². The normalized spacial score (nSPS) is 31.2. The van der Waals surface area contributed by atoms with Crippen molar-refractivity contribution in [2.45, 2.75) is 39.7 Å². The lowest BCUT2D eigenvalue weighted by molar-refractivity contribution is -0.112. The van der Waals surface area contributed by atoms with Crippen LogP contribution in [-0.2, 0) is 4.79 Å². The molecule has 0 amide bonds. The van der Waals surface area contributed by atoms with Crippen LogP contribution in [0.3, 0.4) is 0 Å². The van der Waals surface area contributed by atoms with E-state index in [9.17, 15) is 15.0 Å². The average Bonchev–Trinajstić information content (AvgIpc) is 2.15. The molecule has 0 fully saturated rings. The molecule has 0 unspecified atom stereocenters. The fraction of sp³-hybridized carbons (Fsp3) is 0.615. The molecule has 0 saturated heterocycles. The zero-order chi connectivity index (χ0) is 12.3. The second kappa shape index (κ2) is 4.93. The van der Waals surface area contributed by atoms with E-state index in [-0.39, 0.29) is 12.4 Å². The topological polar surface area (TPSA) is 57.5 Å². The highest BCUT2D eigenvalue weighted by Crippen LogP contribution is 2.40. The number of ketones is 1. The highest BCUT2D eigenvalue weighted by atomic mass is 16.3. The first-order valence-corrected chi connectivity index (χ1v) is 5.57. The van der Waals surface area contributed by atoms with Gasteiger partial charge in [0.25, 0.3) is 0 Å². The van der Waals surface area contributed by atoms with Gasteiger partial charge in [0.1, 0.15) is 0 Å². The Labute approximate surface area is 96.5 Å². The van der Waals surface area contributed by atoms with Crippen molar-refractivity contribution >= 4 is 5.78 Å². The maximum Gasteiger partial charge on any atom is 0.152 e. The van der Waals surface area contributed by atoms with Crippen molar-refractivity contribution in [1.29, 1.82) is 0 Å². The van der Waals surface area contributed by atoms with Gasteiger partial charge in [-0.2, -0.15) is 0 Å². The molecule has 0 bridgehead atoms. The zero-order valence-electron chi connectivity index (χ0n) is 10.2. The standard InChI is InChI=1S/C13H20O3/c1-9-6-11(16)7-13(3,8-14)12(9)5-4-10(2)15/h4-5,11,14,16H,6-8H2,1-3H3/b5-4+/t11-,13-/m1/s1. The van der Waals surface area contributed by atoms with Crippen LogP contribution in [0.2, 0.25) is 0 Å². The van der Waals surface area contributed by atoms with Gasteiger partial charge in [-0.15, -0.1) is 0 Å². The molecule has 0 heterocycles. The third kappa shape index (κ3) is 2.80. The minimum atomic E-state index is -0.437. The van der Waals surface area contributed by atoms with Gasteiger partial charge in [-0.1, -0.05) is 18.6 Å². The maximum atomic E-state index is 10.9. The largest absolute Gasteiger partial charge is 0.395 e. The third-order valence-electron chi connectivity index (χ3n) is 3.17. The van der Waals surface area contributed by atoms with Crippen molar-refractivity contribution in [1.82, 2.24) is 0 Å². The van der Waals surface area contributed by atoms with E-state index < -0.39 is 11.5 Å². The maximum absolute atomic E-state index is 10.9. The van der Waals surface area contributed by atoms with Crippen LogP contribution in [0.1, 0.15) is 33.6 Å². The molecule has 0 aliphatic heterocycles. The molecular weight excluding hydrogens is 204 g/mol. The molecule has 16 heavy (non-hydrogen) atoms. The lowest BCUT2D eigenvalue weighted by atomic mass is 9.70. The summed E-state index contributed by atoms with van der Waals surface area (Å²) in [6.07, 6.45) is 4.06. The Morgan fingerprint density at radius 1 is 1.62 bits per heavy atom. The second-order valence-corrected chi connectivity index (χ2v) is 4.92. The molecule has 0 radical (unpaired) electrons. The van der Waals surface area contributed by atoms with Crippen LogP contribution >= 0.6 is 0 Å². The minimum absolute atomic E-state index is 0.00767. The third-order valence-corrected chi connectivity index (χ3v) is 3.17. The number of allylic oxidation sites excluding steroid dienone is 2. The summed E-state index contributed by atoms with van der Waals surface area (Å²) in [4.78, 5) is 10.9. The molecule has 0 spiro atoms. The summed E-state index contributed by atoms with van der Waals surface area (Å²) < 4.78 is 0. The Balaban J connectivity index is 3.08.